The van der Waals surface area contributed by atoms with Gasteiger partial charge in [-0.3, -0.25) is 14.5 Å². The molecule has 1 aromatic carbocycles. The van der Waals surface area contributed by atoms with E-state index in [2.05, 4.69) is 0 Å². The van der Waals surface area contributed by atoms with Crippen molar-refractivity contribution in [1.29, 1.82) is 0 Å². The summed E-state index contributed by atoms with van der Waals surface area (Å²) in [5.74, 6) is 0.683. The molecule has 2 rings (SSSR count). The second-order valence-corrected chi connectivity index (χ2v) is 5.19. The van der Waals surface area contributed by atoms with E-state index < -0.39 is 0 Å². The van der Waals surface area contributed by atoms with Gasteiger partial charge in [-0.15, -0.1) is 0 Å². The third kappa shape index (κ3) is 2.71. The molecule has 5 heteroatoms. The van der Waals surface area contributed by atoms with Gasteiger partial charge in [0.25, 0.3) is 11.8 Å². The Hall–Kier alpha value is -2.30. The van der Waals surface area contributed by atoms with Crippen LogP contribution in [0.4, 0.5) is 0 Å². The highest BCUT2D eigenvalue weighted by atomic mass is 16.5. The molecule has 2 amide bonds. The summed E-state index contributed by atoms with van der Waals surface area (Å²) >= 11 is 0. The lowest BCUT2D eigenvalue weighted by Gasteiger charge is -2.14. The first-order valence-corrected chi connectivity index (χ1v) is 7.34. The highest BCUT2D eigenvalue weighted by Gasteiger charge is 2.36. The summed E-state index contributed by atoms with van der Waals surface area (Å²) in [5.41, 5.74) is 1.60. The van der Waals surface area contributed by atoms with E-state index in [9.17, 15) is 9.59 Å². The SMILES string of the molecule is CCCCN1C(=O)C(C)=C(c2ccc(OC)c(OC)c2)C1=O. The zero-order chi connectivity index (χ0) is 16.3. The number of ether oxygens (including phenoxy) is 2. The summed E-state index contributed by atoms with van der Waals surface area (Å²) in [6.07, 6.45) is 1.74. The van der Waals surface area contributed by atoms with Gasteiger partial charge in [0.2, 0.25) is 0 Å². The highest BCUT2D eigenvalue weighted by Crippen LogP contribution is 2.35. The van der Waals surface area contributed by atoms with Crippen molar-refractivity contribution in [3.63, 3.8) is 0 Å². The van der Waals surface area contributed by atoms with Gasteiger partial charge in [-0.1, -0.05) is 19.4 Å². The minimum atomic E-state index is -0.233. The number of hydrogen-bond donors (Lipinski definition) is 0. The molecule has 0 spiro atoms. The van der Waals surface area contributed by atoms with Crippen LogP contribution in [0.3, 0.4) is 0 Å². The summed E-state index contributed by atoms with van der Waals surface area (Å²) in [6, 6.07) is 5.24. The third-order valence-electron chi connectivity index (χ3n) is 3.81. The fourth-order valence-electron chi connectivity index (χ4n) is 2.55. The van der Waals surface area contributed by atoms with E-state index in [0.717, 1.165) is 12.8 Å². The minimum Gasteiger partial charge on any atom is -0.493 e. The van der Waals surface area contributed by atoms with Crippen molar-refractivity contribution in [2.24, 2.45) is 0 Å². The predicted molar refractivity (Wildman–Crippen MR) is 83.8 cm³/mol. The van der Waals surface area contributed by atoms with Crippen LogP contribution in [0, 0.1) is 0 Å². The number of carbonyl (C=O) groups excluding carboxylic acids is 2. The van der Waals surface area contributed by atoms with Gasteiger partial charge in [0.05, 0.1) is 19.8 Å². The van der Waals surface area contributed by atoms with Gasteiger partial charge in [0, 0.05) is 12.1 Å². The van der Waals surface area contributed by atoms with Crippen molar-refractivity contribution < 1.29 is 19.1 Å². The van der Waals surface area contributed by atoms with E-state index in [1.165, 1.54) is 12.0 Å². The molecule has 0 fully saturated rings. The van der Waals surface area contributed by atoms with Crippen molar-refractivity contribution in [1.82, 2.24) is 4.90 Å². The quantitative estimate of drug-likeness (QED) is 0.758. The van der Waals surface area contributed by atoms with E-state index in [0.29, 0.717) is 34.8 Å². The molecule has 0 unspecified atom stereocenters. The Morgan fingerprint density at radius 1 is 1.05 bits per heavy atom. The monoisotopic (exact) mass is 303 g/mol. The number of unbranched alkanes of at least 4 members (excludes halogenated alkanes) is 1. The lowest BCUT2D eigenvalue weighted by atomic mass is 10.0. The van der Waals surface area contributed by atoms with E-state index >= 15 is 0 Å². The van der Waals surface area contributed by atoms with Crippen LogP contribution >= 0.6 is 0 Å². The number of benzene rings is 1. The van der Waals surface area contributed by atoms with Gasteiger partial charge in [0.15, 0.2) is 11.5 Å². The molecule has 0 radical (unpaired) electrons. The maximum absolute atomic E-state index is 12.6. The molecule has 0 atom stereocenters. The Balaban J connectivity index is 2.39. The largest absolute Gasteiger partial charge is 0.493 e. The average Bonchev–Trinajstić information content (AvgIpc) is 2.74. The van der Waals surface area contributed by atoms with E-state index in [-0.39, 0.29) is 11.8 Å². The van der Waals surface area contributed by atoms with Gasteiger partial charge in [-0.25, -0.2) is 0 Å². The molecule has 0 saturated heterocycles. The van der Waals surface area contributed by atoms with E-state index in [4.69, 9.17) is 9.47 Å². The molecule has 0 aliphatic carbocycles. The van der Waals surface area contributed by atoms with Crippen LogP contribution in [0.15, 0.2) is 23.8 Å². The van der Waals surface area contributed by atoms with E-state index in [1.807, 2.05) is 6.92 Å². The molecule has 1 aliphatic heterocycles. The van der Waals surface area contributed by atoms with Gasteiger partial charge in [0.1, 0.15) is 0 Å². The topological polar surface area (TPSA) is 55.8 Å². The third-order valence-corrected chi connectivity index (χ3v) is 3.81. The van der Waals surface area contributed by atoms with Crippen LogP contribution in [-0.2, 0) is 9.59 Å². The number of rotatable bonds is 6. The van der Waals surface area contributed by atoms with Crippen LogP contribution in [0.2, 0.25) is 0 Å². The Morgan fingerprint density at radius 2 is 1.73 bits per heavy atom. The molecular formula is C17H21NO4. The minimum absolute atomic E-state index is 0.205. The maximum atomic E-state index is 12.6. The molecule has 0 aromatic heterocycles. The maximum Gasteiger partial charge on any atom is 0.261 e. The Kier molecular flexibility index (Phi) is 4.85. The standard InChI is InChI=1S/C17H21NO4/c1-5-6-9-18-16(19)11(2)15(17(18)20)12-7-8-13(21-3)14(10-12)22-4/h7-8,10H,5-6,9H2,1-4H3. The summed E-state index contributed by atoms with van der Waals surface area (Å²) < 4.78 is 10.5. The molecule has 0 N–H and O–H groups in total. The molecular weight excluding hydrogens is 282 g/mol. The molecule has 1 aromatic rings. The molecule has 22 heavy (non-hydrogen) atoms. The van der Waals surface area contributed by atoms with Crippen molar-refractivity contribution >= 4 is 17.4 Å². The van der Waals surface area contributed by atoms with Crippen molar-refractivity contribution in [2.75, 3.05) is 20.8 Å². The van der Waals surface area contributed by atoms with Crippen molar-refractivity contribution in [3.05, 3.63) is 29.3 Å². The molecule has 1 heterocycles. The van der Waals surface area contributed by atoms with Crippen molar-refractivity contribution in [2.45, 2.75) is 26.7 Å². The molecule has 0 bridgehead atoms. The van der Waals surface area contributed by atoms with Crippen LogP contribution in [-0.4, -0.2) is 37.5 Å². The zero-order valence-electron chi connectivity index (χ0n) is 13.4. The Bertz CT molecular complexity index is 634. The van der Waals surface area contributed by atoms with E-state index in [1.54, 1.807) is 32.2 Å². The second kappa shape index (κ2) is 6.64. The number of nitrogens with zero attached hydrogens (tertiary/aromatic N) is 1. The first-order chi connectivity index (χ1) is 10.5. The number of amides is 2. The Morgan fingerprint density at radius 3 is 2.32 bits per heavy atom. The van der Waals surface area contributed by atoms with Gasteiger partial charge >= 0.3 is 0 Å². The summed E-state index contributed by atoms with van der Waals surface area (Å²) in [7, 11) is 3.09. The van der Waals surface area contributed by atoms with Crippen LogP contribution < -0.4 is 9.47 Å². The fraction of sp³-hybridized carbons (Fsp3) is 0.412. The van der Waals surface area contributed by atoms with Crippen LogP contribution in [0.1, 0.15) is 32.3 Å². The molecule has 1 aliphatic rings. The first kappa shape index (κ1) is 16.1. The second-order valence-electron chi connectivity index (χ2n) is 5.19. The normalized spacial score (nSPS) is 14.8. The number of hydrogen-bond acceptors (Lipinski definition) is 4. The molecule has 5 nitrogen and oxygen atoms in total. The van der Waals surface area contributed by atoms with Crippen molar-refractivity contribution in [3.8, 4) is 11.5 Å². The number of carbonyl (C=O) groups is 2. The number of imide groups is 1. The van der Waals surface area contributed by atoms with Gasteiger partial charge in [-0.05, 0) is 31.0 Å². The summed E-state index contributed by atoms with van der Waals surface area (Å²) in [5, 5.41) is 0. The fourth-order valence-corrected chi connectivity index (χ4v) is 2.55. The van der Waals surface area contributed by atoms with Gasteiger partial charge in [-0.2, -0.15) is 0 Å². The Labute approximate surface area is 130 Å². The summed E-state index contributed by atoms with van der Waals surface area (Å²) in [6.45, 7) is 4.18. The zero-order valence-corrected chi connectivity index (χ0v) is 13.4. The predicted octanol–water partition coefficient (Wildman–Crippen LogP) is 2.65. The lowest BCUT2D eigenvalue weighted by molar-refractivity contribution is -0.136. The average molecular weight is 303 g/mol. The van der Waals surface area contributed by atoms with Gasteiger partial charge < -0.3 is 9.47 Å². The molecule has 118 valence electrons. The molecule has 0 saturated carbocycles. The smallest absolute Gasteiger partial charge is 0.261 e. The highest BCUT2D eigenvalue weighted by molar-refractivity contribution is 6.35. The summed E-state index contributed by atoms with van der Waals surface area (Å²) in [4.78, 5) is 26.2. The number of methoxy groups -OCH3 is 2. The van der Waals surface area contributed by atoms with Crippen LogP contribution in [0.5, 0.6) is 11.5 Å². The lowest BCUT2D eigenvalue weighted by Crippen LogP contribution is -2.32. The van der Waals surface area contributed by atoms with Crippen LogP contribution in [0.25, 0.3) is 5.57 Å². The first-order valence-electron chi connectivity index (χ1n) is 7.34.